The van der Waals surface area contributed by atoms with E-state index in [1.807, 2.05) is 50.9 Å². The van der Waals surface area contributed by atoms with Gasteiger partial charge < -0.3 is 14.0 Å². The average Bonchev–Trinajstić information content (AvgIpc) is 2.97. The lowest BCUT2D eigenvalue weighted by molar-refractivity contribution is -0.132. The standard InChI is InChI=1S/C17H26F3NO2Si.C17H26N2O2/c1-14-7-6-8-15(13-14)16-9-4-5-11-21(16)24(22-2,23-3)12-10-17(18,19)20;1-13-8-7-9-14(12-13)15-10-5-6-11-18(15)19(16(20)21)17(2,3)4/h6-8,13,16H,4-5,9-12H2,1-3H3;7-9,12,15H,5-6,10-11H2,1-4H3,(H,20,21). The number of amides is 1. The number of hydrogen-bond acceptors (Lipinski definition) is 5. The predicted octanol–water partition coefficient (Wildman–Crippen LogP) is 8.92. The Balaban J connectivity index is 0.000000248. The number of alkyl halides is 3. The smallest absolute Gasteiger partial charge is 0.428 e. The van der Waals surface area contributed by atoms with Crippen LogP contribution in [0.3, 0.4) is 0 Å². The number of benzene rings is 2. The van der Waals surface area contributed by atoms with Gasteiger partial charge in [-0.15, -0.1) is 0 Å². The molecule has 0 aliphatic carbocycles. The SMILES string of the molecule is CO[Si](CCC(F)(F)F)(OC)N1CCCCC1c1cccc(C)c1.Cc1cccc(C2CCCCN2N(C(=O)O)C(C)(C)C)c1. The molecule has 2 aromatic carbocycles. The van der Waals surface area contributed by atoms with E-state index in [4.69, 9.17) is 8.85 Å². The number of carbonyl (C=O) groups is 1. The highest BCUT2D eigenvalue weighted by molar-refractivity contribution is 6.64. The molecule has 0 radical (unpaired) electrons. The van der Waals surface area contributed by atoms with Gasteiger partial charge in [0.15, 0.2) is 0 Å². The first kappa shape index (κ1) is 37.0. The van der Waals surface area contributed by atoms with Gasteiger partial charge in [-0.25, -0.2) is 14.8 Å². The summed E-state index contributed by atoms with van der Waals surface area (Å²) in [6, 6.07) is 16.7. The van der Waals surface area contributed by atoms with E-state index in [0.717, 1.165) is 56.2 Å². The van der Waals surface area contributed by atoms with Gasteiger partial charge in [0.2, 0.25) is 0 Å². The molecule has 0 spiro atoms. The van der Waals surface area contributed by atoms with Crippen molar-refractivity contribution in [1.82, 2.24) is 14.6 Å². The number of nitrogens with zero attached hydrogens (tertiary/aromatic N) is 3. The minimum atomic E-state index is -4.20. The highest BCUT2D eigenvalue weighted by Gasteiger charge is 2.50. The molecule has 2 aliphatic heterocycles. The van der Waals surface area contributed by atoms with Gasteiger partial charge in [-0.2, -0.15) is 13.2 Å². The number of carboxylic acid groups (broad SMARTS) is 1. The van der Waals surface area contributed by atoms with E-state index in [1.54, 1.807) is 0 Å². The van der Waals surface area contributed by atoms with Crippen molar-refractivity contribution in [2.75, 3.05) is 27.3 Å². The van der Waals surface area contributed by atoms with E-state index in [0.29, 0.717) is 6.54 Å². The Morgan fingerprint density at radius 3 is 1.87 bits per heavy atom. The van der Waals surface area contributed by atoms with Gasteiger partial charge in [0.25, 0.3) is 0 Å². The number of halogens is 3. The van der Waals surface area contributed by atoms with Crippen LogP contribution in [0, 0.1) is 13.8 Å². The van der Waals surface area contributed by atoms with Crippen LogP contribution >= 0.6 is 0 Å². The highest BCUT2D eigenvalue weighted by atomic mass is 28.4. The molecule has 11 heteroatoms. The van der Waals surface area contributed by atoms with Crippen LogP contribution in [0.4, 0.5) is 18.0 Å². The van der Waals surface area contributed by atoms with Crippen molar-refractivity contribution in [3.8, 4) is 0 Å². The molecule has 0 saturated carbocycles. The monoisotopic (exact) mass is 651 g/mol. The van der Waals surface area contributed by atoms with Crippen LogP contribution in [-0.4, -0.2) is 73.5 Å². The van der Waals surface area contributed by atoms with Crippen LogP contribution in [0.15, 0.2) is 48.5 Å². The molecule has 2 fully saturated rings. The maximum absolute atomic E-state index is 12.8. The molecular formula is C34H52F3N3O4Si. The topological polar surface area (TPSA) is 65.5 Å². The third kappa shape index (κ3) is 10.0. The van der Waals surface area contributed by atoms with E-state index in [2.05, 4.69) is 41.8 Å². The molecule has 2 atom stereocenters. The predicted molar refractivity (Wildman–Crippen MR) is 174 cm³/mol. The summed E-state index contributed by atoms with van der Waals surface area (Å²) in [4.78, 5) is 11.8. The molecule has 4 rings (SSSR count). The van der Waals surface area contributed by atoms with Crippen LogP contribution in [0.25, 0.3) is 0 Å². The zero-order valence-electron chi connectivity index (χ0n) is 28.0. The highest BCUT2D eigenvalue weighted by Crippen LogP contribution is 2.39. The molecule has 2 aromatic rings. The van der Waals surface area contributed by atoms with E-state index in [-0.39, 0.29) is 18.1 Å². The fraction of sp³-hybridized carbons (Fsp3) is 0.618. The van der Waals surface area contributed by atoms with Gasteiger partial charge in [-0.1, -0.05) is 72.5 Å². The van der Waals surface area contributed by atoms with E-state index >= 15 is 0 Å². The number of aryl methyl sites for hydroxylation is 2. The quantitative estimate of drug-likeness (QED) is 0.288. The Kier molecular flexibility index (Phi) is 13.1. The first-order valence-electron chi connectivity index (χ1n) is 16.0. The van der Waals surface area contributed by atoms with Crippen LogP contribution in [0.2, 0.25) is 6.04 Å². The lowest BCUT2D eigenvalue weighted by Gasteiger charge is -2.47. The second-order valence-electron chi connectivity index (χ2n) is 13.2. The van der Waals surface area contributed by atoms with Crippen molar-refractivity contribution in [2.24, 2.45) is 0 Å². The van der Waals surface area contributed by atoms with Crippen LogP contribution < -0.4 is 0 Å². The van der Waals surface area contributed by atoms with Gasteiger partial charge in [-0.05, 0) is 78.0 Å². The Labute approximate surface area is 268 Å². The molecule has 0 bridgehead atoms. The molecule has 1 amide bonds. The molecule has 2 heterocycles. The Hall–Kier alpha value is -2.44. The third-order valence-corrected chi connectivity index (χ3v) is 12.3. The zero-order chi connectivity index (χ0) is 33.4. The van der Waals surface area contributed by atoms with Crippen molar-refractivity contribution in [3.05, 3.63) is 70.8 Å². The van der Waals surface area contributed by atoms with Crippen LogP contribution in [-0.2, 0) is 8.85 Å². The minimum Gasteiger partial charge on any atom is -0.464 e. The second kappa shape index (κ2) is 15.9. The molecular weight excluding hydrogens is 599 g/mol. The van der Waals surface area contributed by atoms with Crippen molar-refractivity contribution in [2.45, 2.75) is 109 Å². The maximum Gasteiger partial charge on any atom is 0.428 e. The number of rotatable bonds is 8. The first-order valence-corrected chi connectivity index (χ1v) is 18.0. The molecule has 2 unspecified atom stereocenters. The second-order valence-corrected chi connectivity index (χ2v) is 16.5. The Morgan fingerprint density at radius 1 is 0.889 bits per heavy atom. The fourth-order valence-corrected chi connectivity index (χ4v) is 9.86. The van der Waals surface area contributed by atoms with E-state index in [1.165, 1.54) is 30.4 Å². The van der Waals surface area contributed by atoms with Crippen LogP contribution in [0.1, 0.15) is 100 Å². The first-order chi connectivity index (χ1) is 21.1. The molecule has 7 nitrogen and oxygen atoms in total. The summed E-state index contributed by atoms with van der Waals surface area (Å²) >= 11 is 0. The van der Waals surface area contributed by atoms with Gasteiger partial charge in [0.1, 0.15) is 0 Å². The zero-order valence-corrected chi connectivity index (χ0v) is 29.0. The minimum absolute atomic E-state index is 0.0541. The van der Waals surface area contributed by atoms with E-state index in [9.17, 15) is 23.1 Å². The summed E-state index contributed by atoms with van der Waals surface area (Å²) in [5.41, 5.74) is 4.27. The molecule has 0 aromatic heterocycles. The average molecular weight is 652 g/mol. The van der Waals surface area contributed by atoms with Gasteiger partial charge in [-0.3, -0.25) is 4.57 Å². The summed E-state index contributed by atoms with van der Waals surface area (Å²) in [7, 11) is -0.142. The van der Waals surface area contributed by atoms with Gasteiger partial charge in [0.05, 0.1) is 11.6 Å². The molecule has 2 aliphatic rings. The summed E-state index contributed by atoms with van der Waals surface area (Å²) < 4.78 is 51.8. The fourth-order valence-electron chi connectivity index (χ4n) is 6.68. The summed E-state index contributed by atoms with van der Waals surface area (Å²) in [5, 5.41) is 13.2. The molecule has 252 valence electrons. The molecule has 2 saturated heterocycles. The van der Waals surface area contributed by atoms with Crippen molar-refractivity contribution >= 4 is 14.8 Å². The normalized spacial score (nSPS) is 20.3. The van der Waals surface area contributed by atoms with Gasteiger partial charge in [0, 0.05) is 39.3 Å². The summed E-state index contributed by atoms with van der Waals surface area (Å²) in [5.74, 6) is 0. The van der Waals surface area contributed by atoms with Crippen molar-refractivity contribution in [3.63, 3.8) is 0 Å². The summed E-state index contributed by atoms with van der Waals surface area (Å²) in [6.07, 6.45) is 0.168. The third-order valence-electron chi connectivity index (χ3n) is 8.70. The molecule has 45 heavy (non-hydrogen) atoms. The maximum atomic E-state index is 12.8. The van der Waals surface area contributed by atoms with Crippen LogP contribution in [0.5, 0.6) is 0 Å². The largest absolute Gasteiger partial charge is 0.464 e. The Morgan fingerprint density at radius 2 is 1.40 bits per heavy atom. The molecule has 1 N–H and O–H groups in total. The van der Waals surface area contributed by atoms with Crippen molar-refractivity contribution < 1.29 is 31.9 Å². The van der Waals surface area contributed by atoms with Gasteiger partial charge >= 0.3 is 21.0 Å². The number of hydrazine groups is 1. The van der Waals surface area contributed by atoms with Crippen molar-refractivity contribution in [1.29, 1.82) is 0 Å². The Bertz CT molecular complexity index is 1240. The lowest BCUT2D eigenvalue weighted by Crippen LogP contribution is -2.60. The lowest BCUT2D eigenvalue weighted by atomic mass is 9.95. The van der Waals surface area contributed by atoms with E-state index < -0.39 is 33.0 Å². The number of piperidine rings is 2. The summed E-state index contributed by atoms with van der Waals surface area (Å²) in [6.45, 7) is 11.5. The number of hydrogen-bond donors (Lipinski definition) is 1.